The Morgan fingerprint density at radius 2 is 2.13 bits per heavy atom. The molecule has 1 aliphatic heterocycles. The smallest absolute Gasteiger partial charge is 0.0887 e. The topological polar surface area (TPSA) is 43.4 Å². The molecule has 0 aromatic carbocycles. The summed E-state index contributed by atoms with van der Waals surface area (Å²) >= 11 is 0. The first kappa shape index (κ1) is 12.9. The highest BCUT2D eigenvalue weighted by molar-refractivity contribution is 7.93. The first-order valence-electron chi connectivity index (χ1n) is 5.05. The second kappa shape index (κ2) is 5.80. The number of rotatable bonds is 4. The minimum atomic E-state index is -0.867. The van der Waals surface area contributed by atoms with Crippen molar-refractivity contribution in [3.63, 3.8) is 0 Å². The summed E-state index contributed by atoms with van der Waals surface area (Å²) in [5, 5.41) is 0. The number of allylic oxidation sites excluding steroid dienone is 1. The van der Waals surface area contributed by atoms with E-state index >= 15 is 0 Å². The molecule has 88 valence electrons. The maximum absolute atomic E-state index is 11.8. The molecule has 1 saturated heterocycles. The van der Waals surface area contributed by atoms with Gasteiger partial charge in [0.1, 0.15) is 0 Å². The molecule has 5 heteroatoms. The zero-order valence-corrected chi connectivity index (χ0v) is 10.9. The molecule has 1 heterocycles. The largest absolute Gasteiger partial charge is 0.501 e. The molecule has 0 aliphatic carbocycles. The van der Waals surface area contributed by atoms with Crippen LogP contribution in [0.15, 0.2) is 12.3 Å². The van der Waals surface area contributed by atoms with E-state index in [1.165, 1.54) is 0 Å². The van der Waals surface area contributed by atoms with Gasteiger partial charge in [-0.1, -0.05) is 6.08 Å². The summed E-state index contributed by atoms with van der Waals surface area (Å²) in [6.45, 7) is 4.37. The Hall–Kier alpha value is -0.160. The van der Waals surface area contributed by atoms with Gasteiger partial charge in [0, 0.05) is 38.9 Å². The van der Waals surface area contributed by atoms with E-state index in [1.54, 1.807) is 6.26 Å². The Morgan fingerprint density at radius 1 is 1.40 bits per heavy atom. The lowest BCUT2D eigenvalue weighted by Crippen LogP contribution is -2.44. The third-order valence-corrected chi connectivity index (χ3v) is 6.58. The summed E-state index contributed by atoms with van der Waals surface area (Å²) in [6, 6.07) is 0. The Balaban J connectivity index is 2.47. The van der Waals surface area contributed by atoms with Gasteiger partial charge in [0.15, 0.2) is 0 Å². The van der Waals surface area contributed by atoms with Crippen LogP contribution in [-0.4, -0.2) is 37.0 Å². The molecule has 3 atom stereocenters. The van der Waals surface area contributed by atoms with E-state index in [4.69, 9.17) is 4.74 Å². The average molecular weight is 250 g/mol. The molecule has 15 heavy (non-hydrogen) atoms. The van der Waals surface area contributed by atoms with Crippen molar-refractivity contribution >= 4 is 21.6 Å². The van der Waals surface area contributed by atoms with Crippen LogP contribution in [0.3, 0.4) is 0 Å². The third-order valence-electron chi connectivity index (χ3n) is 2.49. The standard InChI is InChI=1S/C10H18O3S2/c1-3-5-13-6-4-10(2)9-14(11)7-8-15(10)12/h3,5H,4,6-9H2,1-2H3/b5-3+. The fourth-order valence-electron chi connectivity index (χ4n) is 1.52. The lowest BCUT2D eigenvalue weighted by Gasteiger charge is -2.31. The fourth-order valence-corrected chi connectivity index (χ4v) is 5.56. The van der Waals surface area contributed by atoms with Crippen molar-refractivity contribution < 1.29 is 13.2 Å². The van der Waals surface area contributed by atoms with Gasteiger partial charge in [0.05, 0.1) is 17.6 Å². The van der Waals surface area contributed by atoms with Gasteiger partial charge >= 0.3 is 0 Å². The van der Waals surface area contributed by atoms with Crippen molar-refractivity contribution in [1.29, 1.82) is 0 Å². The van der Waals surface area contributed by atoms with E-state index in [-0.39, 0.29) is 4.75 Å². The predicted molar refractivity (Wildman–Crippen MR) is 64.7 cm³/mol. The predicted octanol–water partition coefficient (Wildman–Crippen LogP) is 1.20. The Morgan fingerprint density at radius 3 is 2.80 bits per heavy atom. The molecule has 0 amide bonds. The zero-order chi connectivity index (χ0) is 11.3. The summed E-state index contributed by atoms with van der Waals surface area (Å²) in [6.07, 6.45) is 4.15. The quantitative estimate of drug-likeness (QED) is 0.556. The number of hydrogen-bond acceptors (Lipinski definition) is 3. The normalized spacial score (nSPS) is 36.9. The van der Waals surface area contributed by atoms with Crippen LogP contribution in [0.4, 0.5) is 0 Å². The highest BCUT2D eigenvalue weighted by atomic mass is 32.2. The Labute approximate surface area is 96.2 Å². The van der Waals surface area contributed by atoms with Crippen molar-refractivity contribution in [2.45, 2.75) is 25.0 Å². The van der Waals surface area contributed by atoms with E-state index in [2.05, 4.69) is 0 Å². The van der Waals surface area contributed by atoms with Crippen LogP contribution in [0, 0.1) is 0 Å². The maximum Gasteiger partial charge on any atom is 0.0887 e. The van der Waals surface area contributed by atoms with Gasteiger partial charge in [-0.25, -0.2) is 0 Å². The molecule has 1 aliphatic rings. The summed E-state index contributed by atoms with van der Waals surface area (Å²) in [5.41, 5.74) is 0. The van der Waals surface area contributed by atoms with Crippen molar-refractivity contribution in [2.75, 3.05) is 23.9 Å². The van der Waals surface area contributed by atoms with Gasteiger partial charge in [-0.05, 0) is 20.3 Å². The van der Waals surface area contributed by atoms with E-state index in [0.717, 1.165) is 0 Å². The van der Waals surface area contributed by atoms with Crippen LogP contribution in [0.25, 0.3) is 0 Å². The molecule has 0 aromatic heterocycles. The van der Waals surface area contributed by atoms with Crippen LogP contribution in [0.5, 0.6) is 0 Å². The van der Waals surface area contributed by atoms with E-state index in [1.807, 2.05) is 19.9 Å². The molecule has 0 aromatic rings. The molecule has 0 N–H and O–H groups in total. The van der Waals surface area contributed by atoms with Crippen LogP contribution in [0.2, 0.25) is 0 Å². The average Bonchev–Trinajstić information content (AvgIpc) is 2.19. The molecular formula is C10H18O3S2. The lowest BCUT2D eigenvalue weighted by molar-refractivity contribution is 0.234. The summed E-state index contributed by atoms with van der Waals surface area (Å²) < 4.78 is 28.2. The first-order chi connectivity index (χ1) is 7.08. The molecule has 3 unspecified atom stereocenters. The van der Waals surface area contributed by atoms with Crippen LogP contribution in [-0.2, 0) is 26.3 Å². The van der Waals surface area contributed by atoms with Gasteiger partial charge in [-0.2, -0.15) is 0 Å². The minimum absolute atomic E-state index is 0.329. The van der Waals surface area contributed by atoms with E-state index in [0.29, 0.717) is 30.3 Å². The van der Waals surface area contributed by atoms with Crippen molar-refractivity contribution in [3.05, 3.63) is 12.3 Å². The summed E-state index contributed by atoms with van der Waals surface area (Å²) in [5.74, 6) is 1.68. The van der Waals surface area contributed by atoms with Gasteiger partial charge in [0.2, 0.25) is 0 Å². The second-order valence-electron chi connectivity index (χ2n) is 3.88. The molecule has 3 nitrogen and oxygen atoms in total. The van der Waals surface area contributed by atoms with Gasteiger partial charge in [-0.15, -0.1) is 0 Å². The first-order valence-corrected chi connectivity index (χ1v) is 7.85. The van der Waals surface area contributed by atoms with Gasteiger partial charge in [0.25, 0.3) is 0 Å². The van der Waals surface area contributed by atoms with Gasteiger partial charge < -0.3 is 4.74 Å². The molecule has 1 rings (SSSR count). The minimum Gasteiger partial charge on any atom is -0.501 e. The Bertz CT molecular complexity index is 288. The van der Waals surface area contributed by atoms with Gasteiger partial charge in [-0.3, -0.25) is 8.42 Å². The highest BCUT2D eigenvalue weighted by Crippen LogP contribution is 2.24. The summed E-state index contributed by atoms with van der Waals surface area (Å²) in [7, 11) is -1.67. The van der Waals surface area contributed by atoms with Crippen LogP contribution < -0.4 is 0 Å². The molecule has 0 saturated carbocycles. The monoisotopic (exact) mass is 250 g/mol. The fraction of sp³-hybridized carbons (Fsp3) is 0.800. The molecule has 1 fully saturated rings. The molecule has 0 radical (unpaired) electrons. The molecular weight excluding hydrogens is 232 g/mol. The van der Waals surface area contributed by atoms with E-state index in [9.17, 15) is 8.42 Å². The van der Waals surface area contributed by atoms with Crippen molar-refractivity contribution in [1.82, 2.24) is 0 Å². The van der Waals surface area contributed by atoms with Crippen LogP contribution >= 0.6 is 0 Å². The third kappa shape index (κ3) is 3.72. The van der Waals surface area contributed by atoms with Crippen molar-refractivity contribution in [2.24, 2.45) is 0 Å². The second-order valence-corrected chi connectivity index (χ2v) is 7.54. The maximum atomic E-state index is 11.8. The Kier molecular flexibility index (Phi) is 4.99. The van der Waals surface area contributed by atoms with Crippen molar-refractivity contribution in [3.8, 4) is 0 Å². The number of hydrogen-bond donors (Lipinski definition) is 0. The summed E-state index contributed by atoms with van der Waals surface area (Å²) in [4.78, 5) is 0. The van der Waals surface area contributed by atoms with E-state index < -0.39 is 21.6 Å². The van der Waals surface area contributed by atoms with Crippen LogP contribution in [0.1, 0.15) is 20.3 Å². The SMILES string of the molecule is C/C=C/OCCC1(C)CS(=O)CCS1=O. The number of ether oxygens (including phenoxy) is 1. The highest BCUT2D eigenvalue weighted by Gasteiger charge is 2.37. The lowest BCUT2D eigenvalue weighted by atomic mass is 10.1. The molecule has 0 bridgehead atoms. The zero-order valence-electron chi connectivity index (χ0n) is 9.23. The molecule has 0 spiro atoms.